The Kier molecular flexibility index (Phi) is 5.15. The molecule has 2 rings (SSSR count). The fourth-order valence-corrected chi connectivity index (χ4v) is 2.88. The lowest BCUT2D eigenvalue weighted by atomic mass is 10.0. The van der Waals surface area contributed by atoms with Crippen molar-refractivity contribution in [2.45, 2.75) is 31.8 Å². The SMILES string of the molecule is CN(C)C1CCN(Cc2ccccc2CC(=O)O)CC1. The summed E-state index contributed by atoms with van der Waals surface area (Å²) in [6, 6.07) is 8.57. The summed E-state index contributed by atoms with van der Waals surface area (Å²) >= 11 is 0. The predicted octanol–water partition coefficient (Wildman–Crippen LogP) is 1.84. The van der Waals surface area contributed by atoms with Crippen molar-refractivity contribution in [3.63, 3.8) is 0 Å². The van der Waals surface area contributed by atoms with Gasteiger partial charge in [-0.1, -0.05) is 24.3 Å². The van der Waals surface area contributed by atoms with E-state index >= 15 is 0 Å². The number of carbonyl (C=O) groups is 1. The molecule has 1 N–H and O–H groups in total. The molecule has 1 aromatic carbocycles. The van der Waals surface area contributed by atoms with Crippen LogP contribution in [-0.4, -0.2) is 54.1 Å². The highest BCUT2D eigenvalue weighted by Gasteiger charge is 2.21. The molecule has 1 aliphatic heterocycles. The average molecular weight is 276 g/mol. The molecule has 0 spiro atoms. The average Bonchev–Trinajstić information content (AvgIpc) is 2.41. The number of piperidine rings is 1. The maximum atomic E-state index is 10.9. The first kappa shape index (κ1) is 15.0. The summed E-state index contributed by atoms with van der Waals surface area (Å²) < 4.78 is 0. The van der Waals surface area contributed by atoms with E-state index in [2.05, 4.69) is 30.0 Å². The number of carboxylic acids is 1. The number of hydrogen-bond donors (Lipinski definition) is 1. The molecule has 0 aliphatic carbocycles. The van der Waals surface area contributed by atoms with Gasteiger partial charge in [0.25, 0.3) is 0 Å². The Morgan fingerprint density at radius 1 is 1.25 bits per heavy atom. The van der Waals surface area contributed by atoms with E-state index in [1.807, 2.05) is 18.2 Å². The molecule has 0 amide bonds. The number of hydrogen-bond acceptors (Lipinski definition) is 3. The van der Waals surface area contributed by atoms with Crippen LogP contribution in [-0.2, 0) is 17.8 Å². The van der Waals surface area contributed by atoms with E-state index in [9.17, 15) is 4.79 Å². The van der Waals surface area contributed by atoms with E-state index in [-0.39, 0.29) is 6.42 Å². The van der Waals surface area contributed by atoms with Crippen molar-refractivity contribution in [1.29, 1.82) is 0 Å². The first-order chi connectivity index (χ1) is 9.56. The van der Waals surface area contributed by atoms with Crippen LogP contribution < -0.4 is 0 Å². The first-order valence-corrected chi connectivity index (χ1v) is 7.23. The van der Waals surface area contributed by atoms with Crippen molar-refractivity contribution in [1.82, 2.24) is 9.80 Å². The summed E-state index contributed by atoms with van der Waals surface area (Å²) in [7, 11) is 4.28. The highest BCUT2D eigenvalue weighted by molar-refractivity contribution is 5.70. The van der Waals surface area contributed by atoms with Gasteiger partial charge in [0.05, 0.1) is 6.42 Å². The van der Waals surface area contributed by atoms with E-state index in [0.29, 0.717) is 6.04 Å². The van der Waals surface area contributed by atoms with Gasteiger partial charge in [-0.15, -0.1) is 0 Å². The van der Waals surface area contributed by atoms with Crippen molar-refractivity contribution >= 4 is 5.97 Å². The molecule has 1 saturated heterocycles. The van der Waals surface area contributed by atoms with E-state index in [1.54, 1.807) is 0 Å². The number of likely N-dealkylation sites (tertiary alicyclic amines) is 1. The smallest absolute Gasteiger partial charge is 0.307 e. The molecule has 1 fully saturated rings. The van der Waals surface area contributed by atoms with Gasteiger partial charge in [0.1, 0.15) is 0 Å². The first-order valence-electron chi connectivity index (χ1n) is 7.23. The number of carboxylic acid groups (broad SMARTS) is 1. The molecule has 20 heavy (non-hydrogen) atoms. The van der Waals surface area contributed by atoms with Gasteiger partial charge in [-0.05, 0) is 51.2 Å². The fourth-order valence-electron chi connectivity index (χ4n) is 2.88. The van der Waals surface area contributed by atoms with Gasteiger partial charge in [-0.2, -0.15) is 0 Å². The maximum Gasteiger partial charge on any atom is 0.307 e. The van der Waals surface area contributed by atoms with Gasteiger partial charge >= 0.3 is 5.97 Å². The Balaban J connectivity index is 1.96. The third-order valence-corrected chi connectivity index (χ3v) is 4.14. The number of nitrogens with zero attached hydrogens (tertiary/aromatic N) is 2. The van der Waals surface area contributed by atoms with Gasteiger partial charge in [0, 0.05) is 12.6 Å². The Bertz CT molecular complexity index is 452. The summed E-state index contributed by atoms with van der Waals surface area (Å²) in [5, 5.41) is 8.97. The van der Waals surface area contributed by atoms with Crippen LogP contribution >= 0.6 is 0 Å². The second-order valence-electron chi connectivity index (χ2n) is 5.81. The minimum absolute atomic E-state index is 0.115. The molecule has 0 radical (unpaired) electrons. The van der Waals surface area contributed by atoms with Crippen LogP contribution in [0.2, 0.25) is 0 Å². The van der Waals surface area contributed by atoms with Crippen LogP contribution in [0.15, 0.2) is 24.3 Å². The quantitative estimate of drug-likeness (QED) is 0.891. The second-order valence-corrected chi connectivity index (χ2v) is 5.81. The van der Waals surface area contributed by atoms with Gasteiger partial charge < -0.3 is 10.0 Å². The molecular weight excluding hydrogens is 252 g/mol. The Morgan fingerprint density at radius 3 is 2.40 bits per heavy atom. The number of benzene rings is 1. The molecule has 0 atom stereocenters. The van der Waals surface area contributed by atoms with Crippen molar-refractivity contribution in [3.8, 4) is 0 Å². The molecule has 1 aliphatic rings. The third kappa shape index (κ3) is 4.05. The Morgan fingerprint density at radius 2 is 1.85 bits per heavy atom. The van der Waals surface area contributed by atoms with Gasteiger partial charge in [0.2, 0.25) is 0 Å². The van der Waals surface area contributed by atoms with Crippen LogP contribution in [0.5, 0.6) is 0 Å². The molecule has 0 aromatic heterocycles. The van der Waals surface area contributed by atoms with Gasteiger partial charge in [0.15, 0.2) is 0 Å². The molecule has 1 aromatic rings. The van der Waals surface area contributed by atoms with Crippen LogP contribution in [0.1, 0.15) is 24.0 Å². The van der Waals surface area contributed by atoms with Gasteiger partial charge in [-0.25, -0.2) is 0 Å². The Labute approximate surface area is 121 Å². The second kappa shape index (κ2) is 6.86. The normalized spacial score (nSPS) is 17.6. The lowest BCUT2D eigenvalue weighted by Crippen LogP contribution is -2.41. The van der Waals surface area contributed by atoms with Crippen molar-refractivity contribution < 1.29 is 9.90 Å². The highest BCUT2D eigenvalue weighted by Crippen LogP contribution is 2.18. The predicted molar refractivity (Wildman–Crippen MR) is 79.8 cm³/mol. The molecule has 4 heteroatoms. The fraction of sp³-hybridized carbons (Fsp3) is 0.562. The monoisotopic (exact) mass is 276 g/mol. The summed E-state index contributed by atoms with van der Waals surface area (Å²) in [5.41, 5.74) is 2.09. The lowest BCUT2D eigenvalue weighted by Gasteiger charge is -2.35. The van der Waals surface area contributed by atoms with Crippen LogP contribution in [0.3, 0.4) is 0 Å². The van der Waals surface area contributed by atoms with E-state index in [4.69, 9.17) is 5.11 Å². The van der Waals surface area contributed by atoms with Crippen LogP contribution in [0.25, 0.3) is 0 Å². The van der Waals surface area contributed by atoms with Crippen LogP contribution in [0.4, 0.5) is 0 Å². The zero-order valence-electron chi connectivity index (χ0n) is 12.4. The largest absolute Gasteiger partial charge is 0.481 e. The molecule has 0 bridgehead atoms. The van der Waals surface area contributed by atoms with E-state index < -0.39 is 5.97 Å². The minimum Gasteiger partial charge on any atom is -0.481 e. The molecular formula is C16H24N2O2. The topological polar surface area (TPSA) is 43.8 Å². The van der Waals surface area contributed by atoms with Crippen molar-refractivity contribution in [2.24, 2.45) is 0 Å². The van der Waals surface area contributed by atoms with Crippen molar-refractivity contribution in [3.05, 3.63) is 35.4 Å². The van der Waals surface area contributed by atoms with E-state index in [0.717, 1.165) is 30.8 Å². The molecule has 4 nitrogen and oxygen atoms in total. The zero-order chi connectivity index (χ0) is 14.5. The Hall–Kier alpha value is -1.39. The van der Waals surface area contributed by atoms with Crippen LogP contribution in [0, 0.1) is 0 Å². The highest BCUT2D eigenvalue weighted by atomic mass is 16.4. The summed E-state index contributed by atoms with van der Waals surface area (Å²) in [4.78, 5) is 15.6. The summed E-state index contributed by atoms with van der Waals surface area (Å²) in [6.45, 7) is 3.04. The molecule has 1 heterocycles. The van der Waals surface area contributed by atoms with Gasteiger partial charge in [-0.3, -0.25) is 9.69 Å². The standard InChI is InChI=1S/C16H24N2O2/c1-17(2)15-7-9-18(10-8-15)12-14-6-4-3-5-13(14)11-16(19)20/h3-6,15H,7-12H2,1-2H3,(H,19,20). The summed E-state index contributed by atoms with van der Waals surface area (Å²) in [6.07, 6.45) is 2.49. The molecule has 0 saturated carbocycles. The number of rotatable bonds is 5. The number of aliphatic carboxylic acids is 1. The zero-order valence-corrected chi connectivity index (χ0v) is 12.4. The van der Waals surface area contributed by atoms with Crippen molar-refractivity contribution in [2.75, 3.05) is 27.2 Å². The lowest BCUT2D eigenvalue weighted by molar-refractivity contribution is -0.136. The third-order valence-electron chi connectivity index (χ3n) is 4.14. The summed E-state index contributed by atoms with van der Waals surface area (Å²) in [5.74, 6) is -0.760. The maximum absolute atomic E-state index is 10.9. The molecule has 110 valence electrons. The minimum atomic E-state index is -0.760. The van der Waals surface area contributed by atoms with E-state index in [1.165, 1.54) is 12.8 Å². The molecule has 0 unspecified atom stereocenters.